The second-order valence-electron chi connectivity index (χ2n) is 7.97. The number of hydrogen-bond donors (Lipinski definition) is 1. The maximum absolute atomic E-state index is 14.4. The predicted molar refractivity (Wildman–Crippen MR) is 112 cm³/mol. The van der Waals surface area contributed by atoms with Crippen molar-refractivity contribution >= 4 is 17.0 Å². The first-order valence-corrected chi connectivity index (χ1v) is 10.1. The maximum Gasteiger partial charge on any atom is 0.394 e. The van der Waals surface area contributed by atoms with Crippen molar-refractivity contribution in [3.8, 4) is 5.75 Å². The fraction of sp³-hybridized carbons (Fsp3) is 0.391. The Morgan fingerprint density at radius 1 is 1.19 bits per heavy atom. The van der Waals surface area contributed by atoms with Crippen LogP contribution in [0.1, 0.15) is 67.3 Å². The second-order valence-corrected chi connectivity index (χ2v) is 7.97. The molecule has 0 saturated carbocycles. The summed E-state index contributed by atoms with van der Waals surface area (Å²) in [6.45, 7) is 4.86. The number of aromatic carboxylic acids is 1. The molecule has 0 amide bonds. The van der Waals surface area contributed by atoms with E-state index in [0.717, 1.165) is 0 Å². The predicted octanol–water partition coefficient (Wildman–Crippen LogP) is 6.40. The summed E-state index contributed by atoms with van der Waals surface area (Å²) in [4.78, 5) is 15.2. The molecule has 3 rings (SSSR count). The van der Waals surface area contributed by atoms with Crippen LogP contribution in [0.15, 0.2) is 36.4 Å². The zero-order valence-corrected chi connectivity index (χ0v) is 18.1. The van der Waals surface area contributed by atoms with Crippen LogP contribution in [0.3, 0.4) is 0 Å². The molecule has 172 valence electrons. The summed E-state index contributed by atoms with van der Waals surface area (Å²) in [6, 6.07) is 8.77. The third-order valence-corrected chi connectivity index (χ3v) is 5.27. The molecule has 1 heterocycles. The molecule has 0 aliphatic carbocycles. The normalized spacial score (nSPS) is 13.4. The Labute approximate surface area is 182 Å². The molecule has 0 spiro atoms. The highest BCUT2D eigenvalue weighted by Crippen LogP contribution is 2.37. The Morgan fingerprint density at radius 3 is 2.44 bits per heavy atom. The fourth-order valence-corrected chi connectivity index (χ4v) is 3.57. The third-order valence-electron chi connectivity index (χ3n) is 5.27. The first-order valence-electron chi connectivity index (χ1n) is 10.1. The van der Waals surface area contributed by atoms with Crippen molar-refractivity contribution in [1.29, 1.82) is 0 Å². The number of carboxylic acids is 1. The topological polar surface area (TPSA) is 64.4 Å². The average molecular weight is 452 g/mol. The lowest BCUT2D eigenvalue weighted by molar-refractivity contribution is -0.159. The van der Waals surface area contributed by atoms with E-state index in [-0.39, 0.29) is 40.4 Å². The van der Waals surface area contributed by atoms with Gasteiger partial charge in [0.15, 0.2) is 5.82 Å². The molecule has 0 saturated heterocycles. The number of halogens is 4. The number of benzene rings is 2. The Hall–Kier alpha value is -3.10. The van der Waals surface area contributed by atoms with Gasteiger partial charge in [0.25, 0.3) is 0 Å². The molecule has 5 nitrogen and oxygen atoms in total. The summed E-state index contributed by atoms with van der Waals surface area (Å²) in [5.74, 6) is -5.32. The number of alkyl halides is 4. The van der Waals surface area contributed by atoms with E-state index in [1.807, 2.05) is 13.8 Å². The van der Waals surface area contributed by atoms with E-state index in [1.165, 1.54) is 22.8 Å². The highest BCUT2D eigenvalue weighted by atomic mass is 19.3. The van der Waals surface area contributed by atoms with Crippen LogP contribution in [-0.4, -0.2) is 26.7 Å². The Bertz CT molecular complexity index is 1150. The van der Waals surface area contributed by atoms with Gasteiger partial charge in [-0.3, -0.25) is 0 Å². The zero-order chi connectivity index (χ0) is 23.8. The molecule has 9 heteroatoms. The van der Waals surface area contributed by atoms with Crippen LogP contribution in [-0.2, 0) is 12.5 Å². The van der Waals surface area contributed by atoms with Crippen molar-refractivity contribution in [2.24, 2.45) is 0 Å². The van der Waals surface area contributed by atoms with E-state index < -0.39 is 23.8 Å². The third kappa shape index (κ3) is 4.87. The van der Waals surface area contributed by atoms with Gasteiger partial charge in [0, 0.05) is 19.4 Å². The number of imidazole rings is 1. The van der Waals surface area contributed by atoms with E-state index >= 15 is 0 Å². The van der Waals surface area contributed by atoms with Crippen molar-refractivity contribution < 1.29 is 32.2 Å². The molecule has 3 aromatic rings. The van der Waals surface area contributed by atoms with E-state index in [2.05, 4.69) is 4.98 Å². The largest absolute Gasteiger partial charge is 0.478 e. The molecule has 0 radical (unpaired) electrons. The van der Waals surface area contributed by atoms with Gasteiger partial charge in [0.1, 0.15) is 5.75 Å². The summed E-state index contributed by atoms with van der Waals surface area (Å²) < 4.78 is 62.7. The number of carboxylic acid groups (broad SMARTS) is 1. The van der Waals surface area contributed by atoms with Crippen LogP contribution < -0.4 is 4.74 Å². The molecule has 1 N–H and O–H groups in total. The molecular formula is C23H24F4N2O3. The summed E-state index contributed by atoms with van der Waals surface area (Å²) >= 11 is 0. The lowest BCUT2D eigenvalue weighted by Crippen LogP contribution is -2.22. The highest BCUT2D eigenvalue weighted by Gasteiger charge is 2.33. The van der Waals surface area contributed by atoms with Gasteiger partial charge in [-0.25, -0.2) is 9.78 Å². The first kappa shape index (κ1) is 23.6. The fourth-order valence-electron chi connectivity index (χ4n) is 3.57. The van der Waals surface area contributed by atoms with Crippen LogP contribution in [0.4, 0.5) is 17.6 Å². The van der Waals surface area contributed by atoms with Crippen LogP contribution in [0.25, 0.3) is 11.0 Å². The number of aromatic nitrogens is 2. The number of nitrogens with zero attached hydrogens (tertiary/aromatic N) is 2. The average Bonchev–Trinajstić information content (AvgIpc) is 3.05. The van der Waals surface area contributed by atoms with Crippen molar-refractivity contribution in [3.63, 3.8) is 0 Å². The number of para-hydroxylation sites is 1. The van der Waals surface area contributed by atoms with Crippen molar-refractivity contribution in [1.82, 2.24) is 9.55 Å². The van der Waals surface area contributed by atoms with Gasteiger partial charge in [-0.2, -0.15) is 17.6 Å². The molecule has 0 fully saturated rings. The zero-order valence-electron chi connectivity index (χ0n) is 18.1. The Morgan fingerprint density at radius 2 is 1.88 bits per heavy atom. The molecule has 32 heavy (non-hydrogen) atoms. The highest BCUT2D eigenvalue weighted by molar-refractivity contribution is 5.92. The minimum Gasteiger partial charge on any atom is -0.478 e. The molecule has 0 aliphatic heterocycles. The van der Waals surface area contributed by atoms with Gasteiger partial charge in [-0.1, -0.05) is 32.0 Å². The smallest absolute Gasteiger partial charge is 0.394 e. The van der Waals surface area contributed by atoms with E-state index in [4.69, 9.17) is 4.74 Å². The first-order chi connectivity index (χ1) is 14.8. The number of hydrogen-bond acceptors (Lipinski definition) is 3. The summed E-state index contributed by atoms with van der Waals surface area (Å²) in [7, 11) is 0. The van der Waals surface area contributed by atoms with Crippen molar-refractivity contribution in [2.45, 2.75) is 58.6 Å². The van der Waals surface area contributed by atoms with E-state index in [9.17, 15) is 27.5 Å². The second kappa shape index (κ2) is 8.44. The maximum atomic E-state index is 14.4. The van der Waals surface area contributed by atoms with Crippen LogP contribution in [0.5, 0.6) is 5.75 Å². The van der Waals surface area contributed by atoms with Crippen LogP contribution in [0.2, 0.25) is 0 Å². The number of rotatable bonds is 8. The Balaban J connectivity index is 2.21. The van der Waals surface area contributed by atoms with Gasteiger partial charge in [-0.05, 0) is 36.1 Å². The summed E-state index contributed by atoms with van der Waals surface area (Å²) in [5, 5.41) is 9.20. The molecular weight excluding hydrogens is 428 g/mol. The molecule has 0 aliphatic rings. The van der Waals surface area contributed by atoms with Crippen LogP contribution >= 0.6 is 0 Å². The Kier molecular flexibility index (Phi) is 6.22. The number of ether oxygens (including phenoxy) is 1. The van der Waals surface area contributed by atoms with Gasteiger partial charge in [0.05, 0.1) is 23.1 Å². The molecule has 0 bridgehead atoms. The molecule has 1 atom stereocenters. The van der Waals surface area contributed by atoms with Crippen LogP contribution in [0, 0.1) is 0 Å². The van der Waals surface area contributed by atoms with E-state index in [0.29, 0.717) is 25.8 Å². The minimum absolute atomic E-state index is 0.0521. The number of carbonyl (C=O) groups is 1. The van der Waals surface area contributed by atoms with Gasteiger partial charge in [0.2, 0.25) is 0 Å². The minimum atomic E-state index is -3.47. The SMILES string of the molecule is CCC(C)c1cccc(Cn2c(C(C)(F)F)nc3cc(C(=O)O)ccc32)c1OC(C)(F)F. The summed E-state index contributed by atoms with van der Waals surface area (Å²) in [6.07, 6.45) is -2.80. The monoisotopic (exact) mass is 452 g/mol. The van der Waals surface area contributed by atoms with Gasteiger partial charge >= 0.3 is 18.0 Å². The lowest BCUT2D eigenvalue weighted by atomic mass is 9.95. The molecule has 2 aromatic carbocycles. The van der Waals surface area contributed by atoms with Crippen molar-refractivity contribution in [2.75, 3.05) is 0 Å². The van der Waals surface area contributed by atoms with Gasteiger partial charge in [-0.15, -0.1) is 0 Å². The standard InChI is InChI=1S/C23H24F4N2O3/c1-5-13(2)16-8-6-7-15(19(16)32-23(4,26)27)12-29-18-10-9-14(20(30)31)11-17(18)28-21(29)22(3,24)25/h6-11,13H,5,12H2,1-4H3,(H,30,31). The summed E-state index contributed by atoms with van der Waals surface area (Å²) in [5.41, 5.74) is 1.07. The lowest BCUT2D eigenvalue weighted by Gasteiger charge is -2.23. The number of fused-ring (bicyclic) bond motifs is 1. The van der Waals surface area contributed by atoms with E-state index in [1.54, 1.807) is 18.2 Å². The molecule has 1 unspecified atom stereocenters. The molecule has 1 aromatic heterocycles. The van der Waals surface area contributed by atoms with Crippen molar-refractivity contribution in [3.05, 3.63) is 58.9 Å². The van der Waals surface area contributed by atoms with Gasteiger partial charge < -0.3 is 14.4 Å². The quantitative estimate of drug-likeness (QED) is 0.402.